The van der Waals surface area contributed by atoms with Crippen molar-refractivity contribution in [2.24, 2.45) is 0 Å². The fourth-order valence-corrected chi connectivity index (χ4v) is 5.61. The number of amides is 3. The van der Waals surface area contributed by atoms with Crippen LogP contribution in [0.1, 0.15) is 42.0 Å². The zero-order valence-corrected chi connectivity index (χ0v) is 24.9. The number of nitrogens with zero attached hydrogens (tertiary/aromatic N) is 4. The van der Waals surface area contributed by atoms with Gasteiger partial charge in [0.15, 0.2) is 0 Å². The number of rotatable bonds is 12. The Balaban J connectivity index is 1.25. The van der Waals surface area contributed by atoms with Crippen molar-refractivity contribution in [3.05, 3.63) is 107 Å². The fourth-order valence-electron chi connectivity index (χ4n) is 5.61. The van der Waals surface area contributed by atoms with Gasteiger partial charge in [0.05, 0.1) is 53.3 Å². The van der Waals surface area contributed by atoms with Crippen molar-refractivity contribution < 1.29 is 27.5 Å². The second-order valence-electron chi connectivity index (χ2n) is 11.1. The molecule has 8 nitrogen and oxygen atoms in total. The Morgan fingerprint density at radius 1 is 0.978 bits per heavy atom. The summed E-state index contributed by atoms with van der Waals surface area (Å²) >= 11 is 0. The molecule has 0 aromatic heterocycles. The molecule has 45 heavy (non-hydrogen) atoms. The van der Waals surface area contributed by atoms with Gasteiger partial charge in [-0.25, -0.2) is 4.79 Å². The van der Waals surface area contributed by atoms with Crippen LogP contribution in [0.15, 0.2) is 90.1 Å². The Morgan fingerprint density at radius 2 is 1.71 bits per heavy atom. The quantitative estimate of drug-likeness (QED) is 0.247. The lowest BCUT2D eigenvalue weighted by molar-refractivity contribution is -0.137. The summed E-state index contributed by atoms with van der Waals surface area (Å²) in [7, 11) is 2.04. The van der Waals surface area contributed by atoms with Crippen molar-refractivity contribution >= 4 is 17.6 Å². The number of nitrogens with one attached hydrogen (secondary N) is 1. The number of hydrogen-bond acceptors (Lipinski definition) is 5. The van der Waals surface area contributed by atoms with Crippen molar-refractivity contribution in [3.8, 4) is 11.8 Å². The number of alkyl halides is 3. The summed E-state index contributed by atoms with van der Waals surface area (Å²) in [5, 5.41) is 12.0. The van der Waals surface area contributed by atoms with Crippen molar-refractivity contribution in [1.29, 1.82) is 5.26 Å². The molecule has 0 spiro atoms. The first kappa shape index (κ1) is 31.6. The van der Waals surface area contributed by atoms with Crippen LogP contribution in [-0.4, -0.2) is 61.6 Å². The average molecular weight is 618 g/mol. The second kappa shape index (κ2) is 13.9. The van der Waals surface area contributed by atoms with Gasteiger partial charge in [-0.2, -0.15) is 18.4 Å². The molecular weight excluding hydrogens is 583 g/mol. The van der Waals surface area contributed by atoms with E-state index in [1.165, 1.54) is 17.0 Å². The van der Waals surface area contributed by atoms with Gasteiger partial charge >= 0.3 is 12.2 Å². The molecular formula is C34H34F3N5O3. The SMILES string of the molecule is CN(CCCCN1CC2=C(C1=O)[C@@H](c1ccc(C#N)cc1)NC(=O)N2c1cccc(C(F)(F)F)c1)CCCOc1ccccc1. The van der Waals surface area contributed by atoms with E-state index in [9.17, 15) is 28.0 Å². The Hall–Kier alpha value is -4.82. The van der Waals surface area contributed by atoms with E-state index < -0.39 is 23.8 Å². The van der Waals surface area contributed by atoms with Crippen LogP contribution in [-0.2, 0) is 11.0 Å². The Bertz CT molecular complexity index is 1590. The van der Waals surface area contributed by atoms with E-state index in [1.807, 2.05) is 43.4 Å². The van der Waals surface area contributed by atoms with Gasteiger partial charge in [-0.3, -0.25) is 9.69 Å². The maximum atomic E-state index is 13.8. The molecule has 11 heteroatoms. The normalized spacial score (nSPS) is 16.6. The van der Waals surface area contributed by atoms with Crippen LogP contribution in [0.25, 0.3) is 0 Å². The predicted molar refractivity (Wildman–Crippen MR) is 163 cm³/mol. The number of unbranched alkanes of at least 4 members (excludes halogenated alkanes) is 1. The number of halogens is 3. The molecule has 0 fully saturated rings. The molecule has 234 valence electrons. The van der Waals surface area contributed by atoms with Crippen molar-refractivity contribution in [3.63, 3.8) is 0 Å². The molecule has 0 saturated heterocycles. The molecule has 2 aliphatic rings. The molecule has 3 aromatic carbocycles. The second-order valence-corrected chi connectivity index (χ2v) is 11.1. The molecule has 5 rings (SSSR count). The van der Waals surface area contributed by atoms with Gasteiger partial charge < -0.3 is 19.9 Å². The largest absolute Gasteiger partial charge is 0.494 e. The van der Waals surface area contributed by atoms with E-state index in [2.05, 4.69) is 10.2 Å². The lowest BCUT2D eigenvalue weighted by atomic mass is 9.94. The molecule has 0 aliphatic carbocycles. The molecule has 2 heterocycles. The van der Waals surface area contributed by atoms with E-state index in [1.54, 1.807) is 29.2 Å². The van der Waals surface area contributed by atoms with E-state index in [-0.39, 0.29) is 18.1 Å². The van der Waals surface area contributed by atoms with Gasteiger partial charge in [-0.05, 0) is 80.9 Å². The predicted octanol–water partition coefficient (Wildman–Crippen LogP) is 6.13. The summed E-state index contributed by atoms with van der Waals surface area (Å²) in [6, 6.07) is 21.3. The topological polar surface area (TPSA) is 88.9 Å². The monoisotopic (exact) mass is 617 g/mol. The zero-order valence-electron chi connectivity index (χ0n) is 24.9. The summed E-state index contributed by atoms with van der Waals surface area (Å²) in [6.07, 6.45) is -2.18. The van der Waals surface area contributed by atoms with Gasteiger partial charge in [-0.15, -0.1) is 0 Å². The van der Waals surface area contributed by atoms with Gasteiger partial charge in [-0.1, -0.05) is 36.4 Å². The molecule has 0 saturated carbocycles. The summed E-state index contributed by atoms with van der Waals surface area (Å²) in [4.78, 5) is 32.3. The lowest BCUT2D eigenvalue weighted by Crippen LogP contribution is -2.47. The van der Waals surface area contributed by atoms with E-state index in [4.69, 9.17) is 4.74 Å². The van der Waals surface area contributed by atoms with Crippen LogP contribution in [0.5, 0.6) is 5.75 Å². The van der Waals surface area contributed by atoms with Gasteiger partial charge in [0.25, 0.3) is 5.91 Å². The third kappa shape index (κ3) is 7.46. The van der Waals surface area contributed by atoms with Crippen molar-refractivity contribution in [1.82, 2.24) is 15.1 Å². The van der Waals surface area contributed by atoms with E-state index in [0.717, 1.165) is 43.8 Å². The number of carbonyl (C=O) groups is 2. The van der Waals surface area contributed by atoms with Crippen LogP contribution in [0.3, 0.4) is 0 Å². The lowest BCUT2D eigenvalue weighted by Gasteiger charge is -2.34. The molecule has 0 radical (unpaired) electrons. The maximum Gasteiger partial charge on any atom is 0.416 e. The molecule has 3 aromatic rings. The number of para-hydroxylation sites is 1. The smallest absolute Gasteiger partial charge is 0.416 e. The number of nitriles is 1. The van der Waals surface area contributed by atoms with Crippen molar-refractivity contribution in [2.75, 3.05) is 44.7 Å². The number of hydrogen-bond donors (Lipinski definition) is 1. The average Bonchev–Trinajstić information content (AvgIpc) is 3.36. The summed E-state index contributed by atoms with van der Waals surface area (Å²) in [5.74, 6) is 0.569. The highest BCUT2D eigenvalue weighted by Crippen LogP contribution is 2.40. The minimum atomic E-state index is -4.59. The Labute approximate surface area is 260 Å². The van der Waals surface area contributed by atoms with Crippen LogP contribution in [0, 0.1) is 11.3 Å². The first-order chi connectivity index (χ1) is 21.7. The number of ether oxygens (including phenoxy) is 1. The molecule has 1 atom stereocenters. The molecule has 0 bridgehead atoms. The summed E-state index contributed by atoms with van der Waals surface area (Å²) < 4.78 is 46.3. The number of benzene rings is 3. The van der Waals surface area contributed by atoms with Crippen LogP contribution in [0.2, 0.25) is 0 Å². The molecule has 2 aliphatic heterocycles. The number of carbonyl (C=O) groups excluding carboxylic acids is 2. The fraction of sp³-hybridized carbons (Fsp3) is 0.324. The van der Waals surface area contributed by atoms with Gasteiger partial charge in [0, 0.05) is 13.1 Å². The third-order valence-electron chi connectivity index (χ3n) is 7.92. The standard InChI is InChI=1S/C34H34F3N5O3/c1-40(18-8-20-45-28-11-3-2-4-12-28)17-5-6-19-41-23-29-30(32(41)43)31(25-15-13-24(22-38)14-16-25)39-33(44)42(29)27-10-7-9-26(21-27)34(35,36)37/h2-4,7,9-16,21,31H,5-6,8,17-20,23H2,1H3,(H,39,44)/t31-/m1/s1. The minimum absolute atomic E-state index is 0.0284. The van der Waals surface area contributed by atoms with Crippen molar-refractivity contribution in [2.45, 2.75) is 31.5 Å². The van der Waals surface area contributed by atoms with Crippen LogP contribution >= 0.6 is 0 Å². The Kier molecular flexibility index (Phi) is 9.74. The highest BCUT2D eigenvalue weighted by atomic mass is 19.4. The highest BCUT2D eigenvalue weighted by Gasteiger charge is 2.45. The summed E-state index contributed by atoms with van der Waals surface area (Å²) in [5.41, 5.74) is 0.835. The summed E-state index contributed by atoms with van der Waals surface area (Å²) in [6.45, 7) is 2.82. The third-order valence-corrected chi connectivity index (χ3v) is 7.92. The minimum Gasteiger partial charge on any atom is -0.494 e. The van der Waals surface area contributed by atoms with Gasteiger partial charge in [0.2, 0.25) is 0 Å². The van der Waals surface area contributed by atoms with Gasteiger partial charge in [0.1, 0.15) is 5.75 Å². The number of anilines is 1. The maximum absolute atomic E-state index is 13.8. The molecule has 1 N–H and O–H groups in total. The molecule has 0 unspecified atom stereocenters. The molecule has 3 amide bonds. The highest BCUT2D eigenvalue weighted by molar-refractivity contribution is 6.07. The van der Waals surface area contributed by atoms with E-state index in [0.29, 0.717) is 42.0 Å². The number of urea groups is 1. The zero-order chi connectivity index (χ0) is 32.0. The van der Waals surface area contributed by atoms with E-state index >= 15 is 0 Å². The Morgan fingerprint density at radius 3 is 2.42 bits per heavy atom. The van der Waals surface area contributed by atoms with Crippen LogP contribution in [0.4, 0.5) is 23.7 Å². The van der Waals surface area contributed by atoms with Crippen LogP contribution < -0.4 is 15.0 Å². The first-order valence-corrected chi connectivity index (χ1v) is 14.8. The first-order valence-electron chi connectivity index (χ1n) is 14.8.